The molecule has 1 heterocycles. The van der Waals surface area contributed by atoms with Gasteiger partial charge in [-0.05, 0) is 18.6 Å². The van der Waals surface area contributed by atoms with Gasteiger partial charge in [0.05, 0.1) is 12.8 Å². The molecule has 1 aliphatic heterocycles. The van der Waals surface area contributed by atoms with Crippen LogP contribution in [-0.4, -0.2) is 48.4 Å². The number of rotatable bonds is 3. The number of hydrogen-bond acceptors (Lipinski definition) is 3. The molecular weight excluding hydrogens is 262 g/mol. The van der Waals surface area contributed by atoms with Gasteiger partial charge in [0.15, 0.2) is 0 Å². The summed E-state index contributed by atoms with van der Waals surface area (Å²) in [6, 6.07) is 6.55. The summed E-state index contributed by atoms with van der Waals surface area (Å²) in [6.07, 6.45) is -0.342. The maximum atomic E-state index is 11.9. The van der Waals surface area contributed by atoms with E-state index in [4.69, 9.17) is 9.84 Å². The topological polar surface area (TPSA) is 90.9 Å². The predicted molar refractivity (Wildman–Crippen MR) is 73.2 cm³/mol. The molecule has 0 saturated carbocycles. The molecule has 0 bridgehead atoms. The zero-order valence-electron chi connectivity index (χ0n) is 11.1. The Hall–Kier alpha value is -2.44. The van der Waals surface area contributed by atoms with Crippen molar-refractivity contribution in [2.45, 2.75) is 12.5 Å². The molecule has 1 saturated heterocycles. The second kappa shape index (κ2) is 6.14. The first-order valence-electron chi connectivity index (χ1n) is 6.28. The minimum absolute atomic E-state index is 0.166. The Morgan fingerprint density at radius 3 is 2.80 bits per heavy atom. The van der Waals surface area contributed by atoms with Gasteiger partial charge >= 0.3 is 12.1 Å². The fourth-order valence-corrected chi connectivity index (χ4v) is 2.14. The second-order valence-electron chi connectivity index (χ2n) is 4.51. The normalized spacial score (nSPS) is 17.6. The number of hydrogen-bond donors (Lipinski definition) is 3. The number of urea groups is 1. The van der Waals surface area contributed by atoms with Gasteiger partial charge in [-0.1, -0.05) is 12.1 Å². The Morgan fingerprint density at radius 1 is 1.40 bits per heavy atom. The van der Waals surface area contributed by atoms with E-state index in [2.05, 4.69) is 10.6 Å². The lowest BCUT2D eigenvalue weighted by atomic mass is 10.2. The number of methoxy groups -OCH3 is 1. The molecule has 1 aromatic rings. The van der Waals surface area contributed by atoms with Crippen LogP contribution in [-0.2, 0) is 0 Å². The van der Waals surface area contributed by atoms with Crippen molar-refractivity contribution in [3.63, 3.8) is 0 Å². The van der Waals surface area contributed by atoms with E-state index in [1.807, 2.05) is 6.07 Å². The van der Waals surface area contributed by atoms with E-state index in [9.17, 15) is 9.59 Å². The highest BCUT2D eigenvalue weighted by molar-refractivity contribution is 5.91. The van der Waals surface area contributed by atoms with E-state index >= 15 is 0 Å². The monoisotopic (exact) mass is 279 g/mol. The number of nitrogens with one attached hydrogen (secondary N) is 2. The van der Waals surface area contributed by atoms with Gasteiger partial charge in [0, 0.05) is 19.1 Å². The maximum absolute atomic E-state index is 11.9. The molecule has 108 valence electrons. The Bertz CT molecular complexity index is 506. The Balaban J connectivity index is 1.89. The maximum Gasteiger partial charge on any atom is 0.407 e. The fourth-order valence-electron chi connectivity index (χ4n) is 2.14. The lowest BCUT2D eigenvalue weighted by Gasteiger charge is -2.15. The number of carbonyl (C=O) groups is 2. The van der Waals surface area contributed by atoms with Gasteiger partial charge in [0.1, 0.15) is 5.75 Å². The van der Waals surface area contributed by atoms with Crippen molar-refractivity contribution < 1.29 is 19.4 Å². The quantitative estimate of drug-likeness (QED) is 0.783. The molecule has 0 aromatic heterocycles. The van der Waals surface area contributed by atoms with Crippen molar-refractivity contribution in [1.29, 1.82) is 0 Å². The second-order valence-corrected chi connectivity index (χ2v) is 4.51. The number of para-hydroxylation sites is 2. The molecule has 1 aliphatic rings. The van der Waals surface area contributed by atoms with Gasteiger partial charge in [-0.25, -0.2) is 9.59 Å². The van der Waals surface area contributed by atoms with Crippen LogP contribution < -0.4 is 15.4 Å². The number of carbonyl (C=O) groups excluding carboxylic acids is 1. The summed E-state index contributed by atoms with van der Waals surface area (Å²) in [4.78, 5) is 23.9. The molecule has 7 nitrogen and oxygen atoms in total. The van der Waals surface area contributed by atoms with Crippen molar-refractivity contribution in [2.24, 2.45) is 0 Å². The molecule has 1 fully saturated rings. The molecule has 0 unspecified atom stereocenters. The van der Waals surface area contributed by atoms with Gasteiger partial charge in [0.2, 0.25) is 0 Å². The molecule has 3 N–H and O–H groups in total. The Morgan fingerprint density at radius 2 is 2.15 bits per heavy atom. The number of carboxylic acid groups (broad SMARTS) is 1. The summed E-state index contributed by atoms with van der Waals surface area (Å²) < 4.78 is 5.14. The van der Waals surface area contributed by atoms with Crippen molar-refractivity contribution in [2.75, 3.05) is 25.5 Å². The summed E-state index contributed by atoms with van der Waals surface area (Å²) in [6.45, 7) is 0.754. The van der Waals surface area contributed by atoms with Crippen molar-refractivity contribution >= 4 is 17.8 Å². The molecule has 0 radical (unpaired) electrons. The summed E-state index contributed by atoms with van der Waals surface area (Å²) in [5.41, 5.74) is 0.570. The predicted octanol–water partition coefficient (Wildman–Crippen LogP) is 1.57. The standard InChI is InChI=1S/C13H17N3O4/c1-20-11-5-3-2-4-10(11)15-12(17)14-9-6-7-16(8-9)13(18)19/h2-5,9H,6-8H2,1H3,(H,18,19)(H2,14,15,17)/t9-/m0/s1. The highest BCUT2D eigenvalue weighted by atomic mass is 16.5. The van der Waals surface area contributed by atoms with Gasteiger partial charge in [-0.3, -0.25) is 0 Å². The zero-order valence-corrected chi connectivity index (χ0v) is 11.1. The number of amides is 3. The van der Waals surface area contributed by atoms with E-state index in [1.54, 1.807) is 18.2 Å². The third kappa shape index (κ3) is 3.31. The van der Waals surface area contributed by atoms with E-state index < -0.39 is 6.09 Å². The number of benzene rings is 1. The highest BCUT2D eigenvalue weighted by Gasteiger charge is 2.26. The van der Waals surface area contributed by atoms with Crippen LogP contribution in [0.15, 0.2) is 24.3 Å². The van der Waals surface area contributed by atoms with Crippen LogP contribution in [0.1, 0.15) is 6.42 Å². The average Bonchev–Trinajstić information content (AvgIpc) is 2.88. The van der Waals surface area contributed by atoms with Crippen LogP contribution >= 0.6 is 0 Å². The number of likely N-dealkylation sites (tertiary alicyclic amines) is 1. The van der Waals surface area contributed by atoms with Crippen LogP contribution in [0.5, 0.6) is 5.75 Å². The number of anilines is 1. The van der Waals surface area contributed by atoms with Crippen LogP contribution in [0.2, 0.25) is 0 Å². The average molecular weight is 279 g/mol. The van der Waals surface area contributed by atoms with Gasteiger partial charge in [-0.15, -0.1) is 0 Å². The van der Waals surface area contributed by atoms with Gasteiger partial charge in [0.25, 0.3) is 0 Å². The minimum Gasteiger partial charge on any atom is -0.495 e. The lowest BCUT2D eigenvalue weighted by molar-refractivity contribution is 0.154. The largest absolute Gasteiger partial charge is 0.495 e. The molecule has 0 spiro atoms. The first kappa shape index (κ1) is 14.0. The molecule has 1 atom stereocenters. The molecule has 20 heavy (non-hydrogen) atoms. The zero-order chi connectivity index (χ0) is 14.5. The van der Waals surface area contributed by atoms with Crippen LogP contribution in [0, 0.1) is 0 Å². The summed E-state index contributed by atoms with van der Waals surface area (Å²) in [5.74, 6) is 0.571. The third-order valence-electron chi connectivity index (χ3n) is 3.15. The van der Waals surface area contributed by atoms with E-state index in [0.717, 1.165) is 0 Å². The first-order chi connectivity index (χ1) is 9.60. The molecular formula is C13H17N3O4. The molecule has 7 heteroatoms. The fraction of sp³-hybridized carbons (Fsp3) is 0.385. The first-order valence-corrected chi connectivity index (χ1v) is 6.28. The summed E-state index contributed by atoms with van der Waals surface area (Å²) in [5, 5.41) is 14.3. The van der Waals surface area contributed by atoms with Gasteiger partial charge < -0.3 is 25.4 Å². The molecule has 1 aromatic carbocycles. The lowest BCUT2D eigenvalue weighted by Crippen LogP contribution is -2.40. The van der Waals surface area contributed by atoms with Crippen molar-refractivity contribution in [3.05, 3.63) is 24.3 Å². The van der Waals surface area contributed by atoms with E-state index in [-0.39, 0.29) is 12.1 Å². The third-order valence-corrected chi connectivity index (χ3v) is 3.15. The molecule has 0 aliphatic carbocycles. The summed E-state index contributed by atoms with van der Waals surface area (Å²) in [7, 11) is 1.53. The van der Waals surface area contributed by atoms with Crippen molar-refractivity contribution in [3.8, 4) is 5.75 Å². The van der Waals surface area contributed by atoms with E-state index in [1.165, 1.54) is 12.0 Å². The van der Waals surface area contributed by atoms with E-state index in [0.29, 0.717) is 30.9 Å². The SMILES string of the molecule is COc1ccccc1NC(=O)N[C@H]1CCN(C(=O)O)C1. The van der Waals surface area contributed by atoms with Crippen LogP contribution in [0.25, 0.3) is 0 Å². The van der Waals surface area contributed by atoms with Crippen molar-refractivity contribution in [1.82, 2.24) is 10.2 Å². The molecule has 3 amide bonds. The molecule has 2 rings (SSSR count). The Kier molecular flexibility index (Phi) is 4.29. The summed E-state index contributed by atoms with van der Waals surface area (Å²) >= 11 is 0. The van der Waals surface area contributed by atoms with Gasteiger partial charge in [-0.2, -0.15) is 0 Å². The Labute approximate surface area is 116 Å². The van der Waals surface area contributed by atoms with Crippen LogP contribution in [0.4, 0.5) is 15.3 Å². The number of nitrogens with zero attached hydrogens (tertiary/aromatic N) is 1. The number of ether oxygens (including phenoxy) is 1. The highest BCUT2D eigenvalue weighted by Crippen LogP contribution is 2.22. The minimum atomic E-state index is -0.959. The van der Waals surface area contributed by atoms with Crippen LogP contribution in [0.3, 0.4) is 0 Å². The smallest absolute Gasteiger partial charge is 0.407 e.